The van der Waals surface area contributed by atoms with Crippen LogP contribution in [-0.4, -0.2) is 27.5 Å². The lowest BCUT2D eigenvalue weighted by Gasteiger charge is -2.08. The fourth-order valence-corrected chi connectivity index (χ4v) is 2.31. The van der Waals surface area contributed by atoms with Crippen molar-refractivity contribution in [1.82, 2.24) is 19.9 Å². The first-order chi connectivity index (χ1) is 10.2. The van der Waals surface area contributed by atoms with Gasteiger partial charge in [-0.1, -0.05) is 11.6 Å². The van der Waals surface area contributed by atoms with Crippen LogP contribution < -0.4 is 5.32 Å². The maximum atomic E-state index is 11.8. The average molecular weight is 301 g/mol. The molecular formula is C15H13ClN4O. The predicted octanol–water partition coefficient (Wildman–Crippen LogP) is 2.50. The fraction of sp³-hybridized carbons (Fsp3) is 0.133. The number of rotatable bonds is 3. The molecule has 2 aromatic heterocycles. The number of hydrogen-bond acceptors (Lipinski definition) is 3. The Morgan fingerprint density at radius 3 is 2.76 bits per heavy atom. The zero-order valence-electron chi connectivity index (χ0n) is 11.4. The summed E-state index contributed by atoms with van der Waals surface area (Å²) >= 11 is 5.92. The fourth-order valence-electron chi connectivity index (χ4n) is 2.18. The van der Waals surface area contributed by atoms with Crippen LogP contribution in [0.2, 0.25) is 5.02 Å². The van der Waals surface area contributed by atoms with E-state index in [4.69, 9.17) is 11.6 Å². The summed E-state index contributed by atoms with van der Waals surface area (Å²) in [6, 6.07) is 9.23. The Hall–Kier alpha value is -2.40. The molecule has 0 radical (unpaired) electrons. The van der Waals surface area contributed by atoms with Crippen LogP contribution in [0, 0.1) is 0 Å². The van der Waals surface area contributed by atoms with Crippen molar-refractivity contribution in [2.75, 3.05) is 7.05 Å². The van der Waals surface area contributed by atoms with E-state index in [2.05, 4.69) is 15.3 Å². The molecule has 6 heteroatoms. The minimum atomic E-state index is -0.0821. The van der Waals surface area contributed by atoms with Gasteiger partial charge in [-0.15, -0.1) is 0 Å². The lowest BCUT2D eigenvalue weighted by molar-refractivity contribution is -0.121. The number of benzene rings is 1. The van der Waals surface area contributed by atoms with Crippen LogP contribution in [0.3, 0.4) is 0 Å². The number of nitrogens with zero attached hydrogens (tertiary/aromatic N) is 3. The van der Waals surface area contributed by atoms with Crippen molar-refractivity contribution in [2.45, 2.75) is 6.54 Å². The molecule has 0 bridgehead atoms. The molecule has 3 rings (SSSR count). The Bertz CT molecular complexity index is 795. The molecule has 0 aliphatic heterocycles. The summed E-state index contributed by atoms with van der Waals surface area (Å²) in [5.41, 5.74) is 2.53. The molecule has 2 heterocycles. The number of pyridine rings is 1. The molecule has 1 amide bonds. The second kappa shape index (κ2) is 5.54. The van der Waals surface area contributed by atoms with Crippen LogP contribution >= 0.6 is 11.6 Å². The number of carbonyl (C=O) groups excluding carboxylic acids is 1. The molecule has 0 unspecified atom stereocenters. The largest absolute Gasteiger partial charge is 0.358 e. The maximum Gasteiger partial charge on any atom is 0.239 e. The molecule has 1 N–H and O–H groups in total. The number of amides is 1. The Balaban J connectivity index is 2.18. The number of hydrogen-bond donors (Lipinski definition) is 1. The molecule has 0 saturated carbocycles. The second-order valence-corrected chi connectivity index (χ2v) is 5.00. The van der Waals surface area contributed by atoms with Crippen molar-refractivity contribution in [2.24, 2.45) is 0 Å². The normalized spacial score (nSPS) is 10.8. The highest BCUT2D eigenvalue weighted by Gasteiger charge is 2.14. The van der Waals surface area contributed by atoms with Crippen LogP contribution in [-0.2, 0) is 11.3 Å². The molecule has 0 saturated heterocycles. The summed E-state index contributed by atoms with van der Waals surface area (Å²) in [5.74, 6) is 0.639. The Morgan fingerprint density at radius 1 is 1.29 bits per heavy atom. The topological polar surface area (TPSA) is 59.8 Å². The minimum Gasteiger partial charge on any atom is -0.358 e. The SMILES string of the molecule is CNC(=O)Cn1c(-c2ccc(Cl)cc2)nc2cnccc21. The molecule has 0 aliphatic carbocycles. The van der Waals surface area contributed by atoms with Crippen LogP contribution in [0.25, 0.3) is 22.4 Å². The van der Waals surface area contributed by atoms with Gasteiger partial charge in [0.1, 0.15) is 17.9 Å². The molecule has 1 aromatic carbocycles. The van der Waals surface area contributed by atoms with E-state index in [1.807, 2.05) is 22.8 Å². The van der Waals surface area contributed by atoms with E-state index in [1.165, 1.54) is 0 Å². The minimum absolute atomic E-state index is 0.0821. The van der Waals surface area contributed by atoms with E-state index in [-0.39, 0.29) is 12.5 Å². The van der Waals surface area contributed by atoms with Crippen molar-refractivity contribution in [3.05, 3.63) is 47.7 Å². The lowest BCUT2D eigenvalue weighted by Crippen LogP contribution is -2.23. The standard InChI is InChI=1S/C15H13ClN4O/c1-17-14(21)9-20-13-6-7-18-8-12(13)19-15(20)10-2-4-11(16)5-3-10/h2-8H,9H2,1H3,(H,17,21). The molecule has 0 spiro atoms. The number of fused-ring (bicyclic) bond motifs is 1. The van der Waals surface area contributed by atoms with E-state index >= 15 is 0 Å². The Kier molecular flexibility index (Phi) is 3.58. The van der Waals surface area contributed by atoms with Crippen LogP contribution in [0.4, 0.5) is 0 Å². The zero-order valence-corrected chi connectivity index (χ0v) is 12.1. The third kappa shape index (κ3) is 2.60. The molecule has 106 valence electrons. The monoisotopic (exact) mass is 300 g/mol. The van der Waals surface area contributed by atoms with Crippen molar-refractivity contribution in [3.8, 4) is 11.4 Å². The van der Waals surface area contributed by atoms with Gasteiger partial charge in [-0.2, -0.15) is 0 Å². The maximum absolute atomic E-state index is 11.8. The van der Waals surface area contributed by atoms with Gasteiger partial charge < -0.3 is 9.88 Å². The second-order valence-electron chi connectivity index (χ2n) is 4.57. The van der Waals surface area contributed by atoms with Crippen LogP contribution in [0.15, 0.2) is 42.7 Å². The molecule has 5 nitrogen and oxygen atoms in total. The van der Waals surface area contributed by atoms with Crippen molar-refractivity contribution in [1.29, 1.82) is 0 Å². The first kappa shape index (κ1) is 13.6. The summed E-state index contributed by atoms with van der Waals surface area (Å²) in [4.78, 5) is 20.4. The number of nitrogens with one attached hydrogen (secondary N) is 1. The lowest BCUT2D eigenvalue weighted by atomic mass is 10.2. The van der Waals surface area contributed by atoms with Crippen molar-refractivity contribution >= 4 is 28.5 Å². The summed E-state index contributed by atoms with van der Waals surface area (Å²) in [5, 5.41) is 3.29. The molecule has 3 aromatic rings. The van der Waals surface area contributed by atoms with Gasteiger partial charge in [0.25, 0.3) is 0 Å². The molecule has 0 fully saturated rings. The smallest absolute Gasteiger partial charge is 0.239 e. The van der Waals surface area contributed by atoms with E-state index in [0.717, 1.165) is 22.4 Å². The first-order valence-corrected chi connectivity index (χ1v) is 6.83. The van der Waals surface area contributed by atoms with E-state index < -0.39 is 0 Å². The molecule has 21 heavy (non-hydrogen) atoms. The quantitative estimate of drug-likeness (QED) is 0.808. The number of imidazole rings is 1. The average Bonchev–Trinajstić information content (AvgIpc) is 2.87. The van der Waals surface area contributed by atoms with Gasteiger partial charge in [0.15, 0.2) is 0 Å². The van der Waals surface area contributed by atoms with Crippen molar-refractivity contribution < 1.29 is 4.79 Å². The number of halogens is 1. The van der Waals surface area contributed by atoms with Crippen LogP contribution in [0.5, 0.6) is 0 Å². The third-order valence-electron chi connectivity index (χ3n) is 3.23. The number of likely N-dealkylation sites (N-methyl/N-ethyl adjacent to an activating group) is 1. The third-order valence-corrected chi connectivity index (χ3v) is 3.49. The summed E-state index contributed by atoms with van der Waals surface area (Å²) in [6.45, 7) is 0.203. The van der Waals surface area contributed by atoms with Gasteiger partial charge in [-0.05, 0) is 30.3 Å². The first-order valence-electron chi connectivity index (χ1n) is 6.46. The Labute approximate surface area is 126 Å². The van der Waals surface area contributed by atoms with Gasteiger partial charge in [-0.25, -0.2) is 4.98 Å². The highest BCUT2D eigenvalue weighted by Crippen LogP contribution is 2.25. The molecule has 0 aliphatic rings. The van der Waals surface area contributed by atoms with Gasteiger partial charge in [-0.3, -0.25) is 9.78 Å². The van der Waals surface area contributed by atoms with E-state index in [1.54, 1.807) is 31.6 Å². The summed E-state index contributed by atoms with van der Waals surface area (Å²) < 4.78 is 1.87. The Morgan fingerprint density at radius 2 is 2.05 bits per heavy atom. The van der Waals surface area contributed by atoms with Gasteiger partial charge in [0.05, 0.1) is 11.7 Å². The highest BCUT2D eigenvalue weighted by atomic mass is 35.5. The predicted molar refractivity (Wildman–Crippen MR) is 82.0 cm³/mol. The van der Waals surface area contributed by atoms with Crippen molar-refractivity contribution in [3.63, 3.8) is 0 Å². The van der Waals surface area contributed by atoms with E-state index in [0.29, 0.717) is 5.02 Å². The number of aromatic nitrogens is 3. The van der Waals surface area contributed by atoms with Gasteiger partial charge >= 0.3 is 0 Å². The van der Waals surface area contributed by atoms with E-state index in [9.17, 15) is 4.79 Å². The summed E-state index contributed by atoms with van der Waals surface area (Å²) in [6.07, 6.45) is 3.38. The van der Waals surface area contributed by atoms with Crippen LogP contribution in [0.1, 0.15) is 0 Å². The molecular weight excluding hydrogens is 288 g/mol. The van der Waals surface area contributed by atoms with Gasteiger partial charge in [0.2, 0.25) is 5.91 Å². The zero-order chi connectivity index (χ0) is 14.8. The number of carbonyl (C=O) groups is 1. The highest BCUT2D eigenvalue weighted by molar-refractivity contribution is 6.30. The molecule has 0 atom stereocenters. The van der Waals surface area contributed by atoms with Gasteiger partial charge in [0, 0.05) is 23.8 Å². The summed E-state index contributed by atoms with van der Waals surface area (Å²) in [7, 11) is 1.62.